The average Bonchev–Trinajstić information content (AvgIpc) is 2.29. The number of ether oxygens (including phenoxy) is 1. The van der Waals surface area contributed by atoms with Gasteiger partial charge < -0.3 is 4.74 Å². The van der Waals surface area contributed by atoms with Gasteiger partial charge in [0.25, 0.3) is 0 Å². The fraction of sp³-hybridized carbons (Fsp3) is 0.0833. The Morgan fingerprint density at radius 3 is 2.35 bits per heavy atom. The molecule has 0 saturated carbocycles. The van der Waals surface area contributed by atoms with Gasteiger partial charge in [-0.25, -0.2) is 4.98 Å². The first kappa shape index (κ1) is 11.4. The van der Waals surface area contributed by atoms with Crippen molar-refractivity contribution in [3.05, 3.63) is 54.2 Å². The Labute approximate surface area is 95.7 Å². The number of nitrogens with zero attached hydrogens (tertiary/aromatic N) is 1. The van der Waals surface area contributed by atoms with Gasteiger partial charge in [0.2, 0.25) is 5.88 Å². The minimum atomic E-state index is -4.39. The average molecular weight is 239 g/mol. The molecule has 88 valence electrons. The van der Waals surface area contributed by atoms with Crippen molar-refractivity contribution >= 4 is 0 Å². The summed E-state index contributed by atoms with van der Waals surface area (Å²) in [6.45, 7) is 0. The van der Waals surface area contributed by atoms with Crippen molar-refractivity contribution in [1.29, 1.82) is 0 Å². The van der Waals surface area contributed by atoms with Crippen LogP contribution in [0.3, 0.4) is 0 Å². The summed E-state index contributed by atoms with van der Waals surface area (Å²) in [6, 6.07) is 10.3. The molecule has 0 aliphatic carbocycles. The quantitative estimate of drug-likeness (QED) is 0.793. The van der Waals surface area contributed by atoms with Crippen molar-refractivity contribution in [3.63, 3.8) is 0 Å². The second-order valence-electron chi connectivity index (χ2n) is 3.30. The minimum absolute atomic E-state index is 0.0778. The molecule has 1 aromatic carbocycles. The van der Waals surface area contributed by atoms with E-state index in [-0.39, 0.29) is 5.88 Å². The lowest BCUT2D eigenvalue weighted by Crippen LogP contribution is -2.05. The second kappa shape index (κ2) is 4.45. The molecule has 0 aliphatic heterocycles. The third-order valence-electron chi connectivity index (χ3n) is 2.03. The van der Waals surface area contributed by atoms with Gasteiger partial charge in [-0.05, 0) is 18.2 Å². The molecule has 1 heterocycles. The summed E-state index contributed by atoms with van der Waals surface area (Å²) in [5.74, 6) is 0.366. The van der Waals surface area contributed by atoms with Gasteiger partial charge in [0, 0.05) is 12.3 Å². The van der Waals surface area contributed by atoms with Crippen molar-refractivity contribution < 1.29 is 17.9 Å². The first-order valence-electron chi connectivity index (χ1n) is 4.82. The highest BCUT2D eigenvalue weighted by atomic mass is 19.4. The van der Waals surface area contributed by atoms with Gasteiger partial charge >= 0.3 is 6.18 Å². The maximum Gasteiger partial charge on any atom is 0.416 e. The first-order valence-corrected chi connectivity index (χ1v) is 4.82. The van der Waals surface area contributed by atoms with Crippen molar-refractivity contribution in [2.24, 2.45) is 0 Å². The van der Waals surface area contributed by atoms with E-state index in [0.717, 1.165) is 18.3 Å². The maximum atomic E-state index is 12.4. The molecule has 0 amide bonds. The lowest BCUT2D eigenvalue weighted by Gasteiger charge is -2.08. The van der Waals surface area contributed by atoms with Crippen molar-refractivity contribution in [1.82, 2.24) is 4.98 Å². The van der Waals surface area contributed by atoms with Crippen molar-refractivity contribution in [3.8, 4) is 11.6 Å². The summed E-state index contributed by atoms with van der Waals surface area (Å²) in [4.78, 5) is 3.73. The molecule has 0 N–H and O–H groups in total. The largest absolute Gasteiger partial charge is 0.439 e. The van der Waals surface area contributed by atoms with Crippen molar-refractivity contribution in [2.75, 3.05) is 0 Å². The van der Waals surface area contributed by atoms with Gasteiger partial charge in [0.15, 0.2) is 0 Å². The molecule has 2 nitrogen and oxygen atoms in total. The van der Waals surface area contributed by atoms with Crippen LogP contribution in [0, 0.1) is 0 Å². The van der Waals surface area contributed by atoms with Gasteiger partial charge in [-0.1, -0.05) is 18.2 Å². The van der Waals surface area contributed by atoms with Crippen LogP contribution in [-0.4, -0.2) is 4.98 Å². The van der Waals surface area contributed by atoms with E-state index in [9.17, 15) is 13.2 Å². The van der Waals surface area contributed by atoms with Gasteiger partial charge in [0.1, 0.15) is 5.75 Å². The van der Waals surface area contributed by atoms with Crippen LogP contribution >= 0.6 is 0 Å². The van der Waals surface area contributed by atoms with Crippen molar-refractivity contribution in [2.45, 2.75) is 6.18 Å². The summed E-state index contributed by atoms with van der Waals surface area (Å²) in [7, 11) is 0. The second-order valence-corrected chi connectivity index (χ2v) is 3.30. The molecule has 1 aromatic heterocycles. The number of halogens is 3. The number of alkyl halides is 3. The van der Waals surface area contributed by atoms with E-state index in [1.165, 1.54) is 0 Å². The molecule has 0 radical (unpaired) electrons. The molecule has 2 aromatic rings. The van der Waals surface area contributed by atoms with E-state index in [1.54, 1.807) is 30.3 Å². The molecule has 0 fully saturated rings. The van der Waals surface area contributed by atoms with E-state index in [4.69, 9.17) is 4.74 Å². The topological polar surface area (TPSA) is 22.1 Å². The van der Waals surface area contributed by atoms with Crippen LogP contribution in [0.15, 0.2) is 48.7 Å². The summed E-state index contributed by atoms with van der Waals surface area (Å²) in [6.07, 6.45) is -3.32. The minimum Gasteiger partial charge on any atom is -0.439 e. The number of aromatic nitrogens is 1. The predicted molar refractivity (Wildman–Crippen MR) is 55.8 cm³/mol. The molecule has 0 atom stereocenters. The third-order valence-corrected chi connectivity index (χ3v) is 2.03. The molecule has 2 rings (SSSR count). The van der Waals surface area contributed by atoms with Crippen LogP contribution in [0.4, 0.5) is 13.2 Å². The van der Waals surface area contributed by atoms with Gasteiger partial charge in [-0.3, -0.25) is 0 Å². The summed E-state index contributed by atoms with van der Waals surface area (Å²) < 4.78 is 42.5. The van der Waals surface area contributed by atoms with Crippen LogP contribution in [0.25, 0.3) is 0 Å². The van der Waals surface area contributed by atoms with E-state index < -0.39 is 11.7 Å². The fourth-order valence-corrected chi connectivity index (χ4v) is 1.25. The van der Waals surface area contributed by atoms with Crippen LogP contribution in [0.5, 0.6) is 11.6 Å². The standard InChI is InChI=1S/C12H8F3NO/c13-12(14,15)9-6-7-16-11(8-9)17-10-4-2-1-3-5-10/h1-8H. The monoisotopic (exact) mass is 239 g/mol. The van der Waals surface area contributed by atoms with Crippen LogP contribution in [0.2, 0.25) is 0 Å². The van der Waals surface area contributed by atoms with Crippen LogP contribution in [-0.2, 0) is 6.18 Å². The Hall–Kier alpha value is -2.04. The Morgan fingerprint density at radius 2 is 1.71 bits per heavy atom. The smallest absolute Gasteiger partial charge is 0.416 e. The normalized spacial score (nSPS) is 11.2. The molecule has 0 unspecified atom stereocenters. The highest BCUT2D eigenvalue weighted by Crippen LogP contribution is 2.31. The molecule has 0 spiro atoms. The predicted octanol–water partition coefficient (Wildman–Crippen LogP) is 3.89. The zero-order valence-corrected chi connectivity index (χ0v) is 8.61. The molecule has 0 aliphatic rings. The third kappa shape index (κ3) is 2.96. The number of hydrogen-bond donors (Lipinski definition) is 0. The van der Waals surface area contributed by atoms with E-state index in [0.29, 0.717) is 5.75 Å². The SMILES string of the molecule is FC(F)(F)c1ccnc(Oc2ccccc2)c1. The molecule has 5 heteroatoms. The Kier molecular flexibility index (Phi) is 2.99. The van der Waals surface area contributed by atoms with Gasteiger partial charge in [0.05, 0.1) is 5.56 Å². The fourth-order valence-electron chi connectivity index (χ4n) is 1.25. The summed E-state index contributed by atoms with van der Waals surface area (Å²) in [5.41, 5.74) is -0.779. The number of para-hydroxylation sites is 1. The number of pyridine rings is 1. The van der Waals surface area contributed by atoms with Gasteiger partial charge in [-0.15, -0.1) is 0 Å². The molecule has 0 bridgehead atoms. The number of rotatable bonds is 2. The zero-order chi connectivity index (χ0) is 12.3. The first-order chi connectivity index (χ1) is 8.05. The zero-order valence-electron chi connectivity index (χ0n) is 8.61. The molecular formula is C12H8F3NO. The lowest BCUT2D eigenvalue weighted by molar-refractivity contribution is -0.137. The van der Waals surface area contributed by atoms with E-state index in [1.807, 2.05) is 0 Å². The molecule has 17 heavy (non-hydrogen) atoms. The highest BCUT2D eigenvalue weighted by molar-refractivity contribution is 5.29. The summed E-state index contributed by atoms with van der Waals surface area (Å²) in [5, 5.41) is 0. The van der Waals surface area contributed by atoms with Crippen LogP contribution < -0.4 is 4.74 Å². The highest BCUT2D eigenvalue weighted by Gasteiger charge is 2.30. The lowest BCUT2D eigenvalue weighted by atomic mass is 10.2. The van der Waals surface area contributed by atoms with Gasteiger partial charge in [-0.2, -0.15) is 13.2 Å². The number of hydrogen-bond acceptors (Lipinski definition) is 2. The summed E-state index contributed by atoms with van der Waals surface area (Å²) >= 11 is 0. The molecule has 0 saturated heterocycles. The van der Waals surface area contributed by atoms with Crippen LogP contribution in [0.1, 0.15) is 5.56 Å². The van der Waals surface area contributed by atoms with E-state index >= 15 is 0 Å². The van der Waals surface area contributed by atoms with E-state index in [2.05, 4.69) is 4.98 Å². The Bertz CT molecular complexity index is 497. The Balaban J connectivity index is 2.23. The molecular weight excluding hydrogens is 231 g/mol. The maximum absolute atomic E-state index is 12.4. The number of benzene rings is 1. The Morgan fingerprint density at radius 1 is 1.00 bits per heavy atom.